The summed E-state index contributed by atoms with van der Waals surface area (Å²) in [4.78, 5) is 4.70. The Hall–Kier alpha value is -2.01. The summed E-state index contributed by atoms with van der Waals surface area (Å²) in [7, 11) is 0. The van der Waals surface area contributed by atoms with Gasteiger partial charge in [0.15, 0.2) is 4.80 Å². The smallest absolute Gasteiger partial charge is 0.406 e. The average Bonchev–Trinajstić information content (AvgIpc) is 3.00. The molecule has 1 fully saturated rings. The maximum absolute atomic E-state index is 13.4. The van der Waals surface area contributed by atoms with Crippen molar-refractivity contribution in [3.8, 4) is 5.75 Å². The standard InChI is InChI=1S/C20H20F4N4OS.2ClH/c21-14-2-1-3-15(12-14)27-9-6-26(7-10-27)8-11-28-17-5-4-16(29-20(22,23)24)13-18(17)30-19(28)25;;/h1-5,12-13,25H,6-11H2;2*1H. The Bertz CT molecular complexity index is 1100. The van der Waals surface area contributed by atoms with E-state index in [0.29, 0.717) is 11.2 Å². The third-order valence-corrected chi connectivity index (χ3v) is 6.05. The molecule has 1 N–H and O–H groups in total. The van der Waals surface area contributed by atoms with Crippen molar-refractivity contribution in [1.82, 2.24) is 9.47 Å². The Balaban J connectivity index is 0.00000181. The third kappa shape index (κ3) is 6.28. The van der Waals surface area contributed by atoms with Gasteiger partial charge < -0.3 is 14.2 Å². The summed E-state index contributed by atoms with van der Waals surface area (Å²) in [5.74, 6) is -0.528. The lowest BCUT2D eigenvalue weighted by molar-refractivity contribution is -0.274. The maximum atomic E-state index is 13.4. The van der Waals surface area contributed by atoms with E-state index in [4.69, 9.17) is 5.41 Å². The molecular weight excluding hydrogens is 491 g/mol. The summed E-state index contributed by atoms with van der Waals surface area (Å²) < 4.78 is 57.0. The number of nitrogens with zero attached hydrogens (tertiary/aromatic N) is 3. The zero-order valence-electron chi connectivity index (χ0n) is 16.8. The van der Waals surface area contributed by atoms with E-state index in [1.54, 1.807) is 16.7 Å². The van der Waals surface area contributed by atoms with Crippen LogP contribution in [0.15, 0.2) is 42.5 Å². The second kappa shape index (κ2) is 10.7. The van der Waals surface area contributed by atoms with E-state index >= 15 is 0 Å². The lowest BCUT2D eigenvalue weighted by Gasteiger charge is -2.36. The van der Waals surface area contributed by atoms with Crippen LogP contribution in [0.5, 0.6) is 5.75 Å². The van der Waals surface area contributed by atoms with Crippen LogP contribution in [0.25, 0.3) is 10.2 Å². The van der Waals surface area contributed by atoms with Gasteiger partial charge in [0.1, 0.15) is 11.6 Å². The van der Waals surface area contributed by atoms with Crippen molar-refractivity contribution in [1.29, 1.82) is 5.41 Å². The van der Waals surface area contributed by atoms with E-state index in [1.807, 2.05) is 6.07 Å². The highest BCUT2D eigenvalue weighted by Gasteiger charge is 2.31. The van der Waals surface area contributed by atoms with E-state index in [0.717, 1.165) is 55.3 Å². The van der Waals surface area contributed by atoms with Crippen LogP contribution >= 0.6 is 36.2 Å². The monoisotopic (exact) mass is 512 g/mol. The van der Waals surface area contributed by atoms with Crippen LogP contribution in [0.4, 0.5) is 23.2 Å². The van der Waals surface area contributed by atoms with E-state index in [-0.39, 0.29) is 41.2 Å². The number of halogens is 6. The molecule has 0 aliphatic carbocycles. The number of rotatable bonds is 5. The first-order valence-corrected chi connectivity index (χ1v) is 10.3. The number of alkyl halides is 3. The average molecular weight is 513 g/mol. The first kappa shape index (κ1) is 26.2. The molecule has 0 saturated carbocycles. The lowest BCUT2D eigenvalue weighted by atomic mass is 10.2. The number of benzene rings is 2. The minimum Gasteiger partial charge on any atom is -0.406 e. The molecule has 176 valence electrons. The Morgan fingerprint density at radius 2 is 1.69 bits per heavy atom. The number of hydrogen-bond donors (Lipinski definition) is 1. The molecule has 0 amide bonds. The Kier molecular flexibility index (Phi) is 8.81. The third-order valence-electron chi connectivity index (χ3n) is 5.09. The molecule has 32 heavy (non-hydrogen) atoms. The van der Waals surface area contributed by atoms with E-state index in [1.165, 1.54) is 24.3 Å². The first-order valence-electron chi connectivity index (χ1n) is 9.45. The van der Waals surface area contributed by atoms with Gasteiger partial charge in [-0.1, -0.05) is 17.4 Å². The van der Waals surface area contributed by atoms with Crippen molar-refractivity contribution in [2.45, 2.75) is 12.9 Å². The zero-order valence-corrected chi connectivity index (χ0v) is 19.2. The fourth-order valence-corrected chi connectivity index (χ4v) is 4.60. The van der Waals surface area contributed by atoms with Crippen LogP contribution in [0.2, 0.25) is 0 Å². The van der Waals surface area contributed by atoms with Crippen LogP contribution in [0, 0.1) is 11.2 Å². The number of fused-ring (bicyclic) bond motifs is 1. The van der Waals surface area contributed by atoms with Crippen molar-refractivity contribution in [3.63, 3.8) is 0 Å². The van der Waals surface area contributed by atoms with Crippen LogP contribution in [-0.4, -0.2) is 48.6 Å². The molecule has 1 aliphatic rings. The molecule has 0 bridgehead atoms. The van der Waals surface area contributed by atoms with E-state index < -0.39 is 6.36 Å². The molecule has 0 unspecified atom stereocenters. The molecule has 2 heterocycles. The number of nitrogens with one attached hydrogen (secondary N) is 1. The molecule has 1 saturated heterocycles. The van der Waals surface area contributed by atoms with Crippen LogP contribution in [0.3, 0.4) is 0 Å². The summed E-state index contributed by atoms with van der Waals surface area (Å²) in [6.45, 7) is 4.49. The minimum absolute atomic E-state index is 0. The summed E-state index contributed by atoms with van der Waals surface area (Å²) in [6.07, 6.45) is -4.74. The number of ether oxygens (including phenoxy) is 1. The molecule has 0 spiro atoms. The Morgan fingerprint density at radius 1 is 0.969 bits per heavy atom. The van der Waals surface area contributed by atoms with Gasteiger partial charge in [0.2, 0.25) is 0 Å². The van der Waals surface area contributed by atoms with Gasteiger partial charge in [-0.05, 0) is 36.4 Å². The predicted molar refractivity (Wildman–Crippen MR) is 122 cm³/mol. The van der Waals surface area contributed by atoms with Gasteiger partial charge in [0, 0.05) is 45.0 Å². The van der Waals surface area contributed by atoms with E-state index in [2.05, 4.69) is 14.5 Å². The summed E-state index contributed by atoms with van der Waals surface area (Å²) in [6, 6.07) is 10.7. The SMILES string of the molecule is Cl.Cl.N=c1sc2cc(OC(F)(F)F)ccc2n1CCN1CCN(c2cccc(F)c2)CC1. The molecular formula is C20H22Cl2F4N4OS. The molecule has 0 atom stereocenters. The highest BCUT2D eigenvalue weighted by Crippen LogP contribution is 2.28. The minimum atomic E-state index is -4.74. The first-order chi connectivity index (χ1) is 14.3. The molecule has 2 aromatic carbocycles. The Morgan fingerprint density at radius 3 is 2.34 bits per heavy atom. The van der Waals surface area contributed by atoms with Crippen LogP contribution < -0.4 is 14.4 Å². The lowest BCUT2D eigenvalue weighted by Crippen LogP contribution is -2.47. The highest BCUT2D eigenvalue weighted by atomic mass is 35.5. The van der Waals surface area contributed by atoms with Gasteiger partial charge in [0.05, 0.1) is 10.2 Å². The highest BCUT2D eigenvalue weighted by molar-refractivity contribution is 7.16. The normalized spacial score (nSPS) is 14.7. The van der Waals surface area contributed by atoms with Gasteiger partial charge in [-0.2, -0.15) is 0 Å². The molecule has 1 aromatic heterocycles. The quantitative estimate of drug-likeness (QED) is 0.495. The number of hydrogen-bond acceptors (Lipinski definition) is 5. The zero-order chi connectivity index (χ0) is 21.3. The Labute approximate surface area is 198 Å². The maximum Gasteiger partial charge on any atom is 0.573 e. The van der Waals surface area contributed by atoms with Crippen molar-refractivity contribution in [3.05, 3.63) is 53.1 Å². The molecule has 5 nitrogen and oxygen atoms in total. The van der Waals surface area contributed by atoms with Gasteiger partial charge in [-0.3, -0.25) is 10.3 Å². The molecule has 12 heteroatoms. The van der Waals surface area contributed by atoms with Gasteiger partial charge in [-0.25, -0.2) is 4.39 Å². The predicted octanol–water partition coefficient (Wildman–Crippen LogP) is 4.89. The summed E-state index contributed by atoms with van der Waals surface area (Å²) in [5.41, 5.74) is 1.59. The van der Waals surface area contributed by atoms with Gasteiger partial charge >= 0.3 is 6.36 Å². The topological polar surface area (TPSA) is 44.5 Å². The second-order valence-electron chi connectivity index (χ2n) is 7.04. The molecule has 3 aromatic rings. The van der Waals surface area contributed by atoms with Crippen LogP contribution in [0.1, 0.15) is 0 Å². The van der Waals surface area contributed by atoms with Crippen molar-refractivity contribution in [2.24, 2.45) is 0 Å². The molecule has 4 rings (SSSR count). The summed E-state index contributed by atoms with van der Waals surface area (Å²) >= 11 is 1.12. The van der Waals surface area contributed by atoms with Crippen molar-refractivity contribution in [2.75, 3.05) is 37.6 Å². The van der Waals surface area contributed by atoms with Gasteiger partial charge in [0.25, 0.3) is 0 Å². The number of thiazole rings is 1. The second-order valence-corrected chi connectivity index (χ2v) is 8.08. The molecule has 0 radical (unpaired) electrons. The number of aromatic nitrogens is 1. The van der Waals surface area contributed by atoms with Crippen LogP contribution in [-0.2, 0) is 6.54 Å². The number of anilines is 1. The fourth-order valence-electron chi connectivity index (χ4n) is 3.63. The molecule has 1 aliphatic heterocycles. The van der Waals surface area contributed by atoms with Crippen molar-refractivity contribution >= 4 is 52.1 Å². The fraction of sp³-hybridized carbons (Fsp3) is 0.350. The summed E-state index contributed by atoms with van der Waals surface area (Å²) in [5, 5.41) is 8.19. The number of piperazine rings is 1. The largest absolute Gasteiger partial charge is 0.573 e. The van der Waals surface area contributed by atoms with Crippen molar-refractivity contribution < 1.29 is 22.3 Å². The van der Waals surface area contributed by atoms with Gasteiger partial charge in [-0.15, -0.1) is 38.0 Å². The van der Waals surface area contributed by atoms with E-state index in [9.17, 15) is 17.6 Å².